The first-order valence-electron chi connectivity index (χ1n) is 5.20. The van der Waals surface area contributed by atoms with Crippen molar-refractivity contribution in [3.05, 3.63) is 40.9 Å². The van der Waals surface area contributed by atoms with E-state index in [9.17, 15) is 4.79 Å². The van der Waals surface area contributed by atoms with Crippen LogP contribution >= 0.6 is 11.6 Å². The topological polar surface area (TPSA) is 20.3 Å². The molecule has 0 saturated carbocycles. The van der Waals surface area contributed by atoms with Crippen molar-refractivity contribution < 1.29 is 4.79 Å². The van der Waals surface area contributed by atoms with Crippen LogP contribution in [0, 0.1) is 0 Å². The molecule has 0 N–H and O–H groups in total. The molecule has 1 rings (SSSR count). The van der Waals surface area contributed by atoms with Gasteiger partial charge in [-0.3, -0.25) is 4.79 Å². The maximum absolute atomic E-state index is 11.5. The number of carbonyl (C=O) groups is 1. The molecule has 0 heterocycles. The van der Waals surface area contributed by atoms with Crippen LogP contribution in [0.4, 0.5) is 0 Å². The number of rotatable bonds is 5. The molecular weight excluding hydrogens is 222 g/mol. The fourth-order valence-electron chi connectivity index (χ4n) is 1.21. The highest BCUT2D eigenvalue weighted by Crippen LogP contribution is 2.16. The molecule has 16 heavy (non-hydrogen) atoms. The Morgan fingerprint density at radius 3 is 2.69 bits per heavy atom. The molecule has 0 fully saturated rings. The minimum absolute atomic E-state index is 0.119. The maximum atomic E-state index is 11.5. The molecule has 0 saturated heterocycles. The molecule has 0 aliphatic rings. The first-order chi connectivity index (χ1) is 7.59. The summed E-state index contributed by atoms with van der Waals surface area (Å²) in [5, 5.41) is 0.666. The summed E-state index contributed by atoms with van der Waals surface area (Å²) >= 11 is 5.96. The molecule has 0 bridgehead atoms. The van der Waals surface area contributed by atoms with E-state index in [2.05, 4.69) is 0 Å². The van der Waals surface area contributed by atoms with Gasteiger partial charge in [0.25, 0.3) is 0 Å². The molecular formula is C13H16ClNO. The van der Waals surface area contributed by atoms with Gasteiger partial charge in [-0.2, -0.15) is 0 Å². The van der Waals surface area contributed by atoms with Crippen molar-refractivity contribution in [2.75, 3.05) is 20.6 Å². The number of allylic oxidation sites excluding steroid dienone is 1. The average molecular weight is 238 g/mol. The number of hydrogen-bond donors (Lipinski definition) is 0. The minimum Gasteiger partial charge on any atom is -0.309 e. The van der Waals surface area contributed by atoms with Gasteiger partial charge in [0.1, 0.15) is 0 Å². The van der Waals surface area contributed by atoms with Crippen LogP contribution in [0.2, 0.25) is 5.02 Å². The van der Waals surface area contributed by atoms with Crippen LogP contribution in [-0.4, -0.2) is 31.3 Å². The SMILES string of the molecule is CN(C)CCC(=O)/C=C/c1ccccc1Cl. The summed E-state index contributed by atoms with van der Waals surface area (Å²) in [6.45, 7) is 0.770. The van der Waals surface area contributed by atoms with Crippen molar-refractivity contribution in [3.63, 3.8) is 0 Å². The van der Waals surface area contributed by atoms with E-state index in [0.717, 1.165) is 12.1 Å². The van der Waals surface area contributed by atoms with E-state index in [1.54, 1.807) is 12.2 Å². The third kappa shape index (κ3) is 4.60. The lowest BCUT2D eigenvalue weighted by Gasteiger charge is -2.06. The molecule has 1 aromatic rings. The predicted octanol–water partition coefficient (Wildman–Crippen LogP) is 2.87. The Hall–Kier alpha value is -1.12. The van der Waals surface area contributed by atoms with E-state index in [1.807, 2.05) is 43.3 Å². The number of carbonyl (C=O) groups excluding carboxylic acids is 1. The van der Waals surface area contributed by atoms with Crippen molar-refractivity contribution in [2.24, 2.45) is 0 Å². The first kappa shape index (κ1) is 12.9. The molecule has 0 aliphatic carbocycles. The van der Waals surface area contributed by atoms with Gasteiger partial charge in [0.2, 0.25) is 0 Å². The summed E-state index contributed by atoms with van der Waals surface area (Å²) in [6, 6.07) is 7.47. The van der Waals surface area contributed by atoms with Gasteiger partial charge in [-0.15, -0.1) is 0 Å². The van der Waals surface area contributed by atoms with Crippen molar-refractivity contribution in [3.8, 4) is 0 Å². The molecule has 0 unspecified atom stereocenters. The zero-order valence-corrected chi connectivity index (χ0v) is 10.4. The zero-order chi connectivity index (χ0) is 12.0. The Labute approximate surface area is 102 Å². The van der Waals surface area contributed by atoms with E-state index < -0.39 is 0 Å². The second-order valence-corrected chi connectivity index (χ2v) is 4.28. The lowest BCUT2D eigenvalue weighted by atomic mass is 10.1. The fraction of sp³-hybridized carbons (Fsp3) is 0.308. The number of ketones is 1. The van der Waals surface area contributed by atoms with E-state index in [1.165, 1.54) is 0 Å². The molecule has 0 atom stereocenters. The quantitative estimate of drug-likeness (QED) is 0.734. The van der Waals surface area contributed by atoms with Crippen LogP contribution in [0.25, 0.3) is 6.08 Å². The summed E-state index contributed by atoms with van der Waals surface area (Å²) in [4.78, 5) is 13.5. The van der Waals surface area contributed by atoms with E-state index in [4.69, 9.17) is 11.6 Å². The monoisotopic (exact) mass is 237 g/mol. The molecule has 0 spiro atoms. The van der Waals surface area contributed by atoms with Crippen molar-refractivity contribution in [1.82, 2.24) is 4.90 Å². The largest absolute Gasteiger partial charge is 0.309 e. The van der Waals surface area contributed by atoms with Crippen LogP contribution in [0.5, 0.6) is 0 Å². The number of halogens is 1. The summed E-state index contributed by atoms with van der Waals surface area (Å²) in [5.41, 5.74) is 0.877. The number of benzene rings is 1. The summed E-state index contributed by atoms with van der Waals surface area (Å²) < 4.78 is 0. The standard InChI is InChI=1S/C13H16ClNO/c1-15(2)10-9-12(16)8-7-11-5-3-4-6-13(11)14/h3-8H,9-10H2,1-2H3/b8-7+. The van der Waals surface area contributed by atoms with Gasteiger partial charge in [-0.25, -0.2) is 0 Å². The van der Waals surface area contributed by atoms with Gasteiger partial charge >= 0.3 is 0 Å². The van der Waals surface area contributed by atoms with E-state index >= 15 is 0 Å². The summed E-state index contributed by atoms with van der Waals surface area (Å²) in [7, 11) is 3.90. The van der Waals surface area contributed by atoms with Crippen molar-refractivity contribution in [1.29, 1.82) is 0 Å². The molecule has 0 aliphatic heterocycles. The highest BCUT2D eigenvalue weighted by molar-refractivity contribution is 6.32. The van der Waals surface area contributed by atoms with Gasteiger partial charge < -0.3 is 4.90 Å². The minimum atomic E-state index is 0.119. The Bertz CT molecular complexity index is 385. The molecule has 2 nitrogen and oxygen atoms in total. The fourth-order valence-corrected chi connectivity index (χ4v) is 1.41. The lowest BCUT2D eigenvalue weighted by molar-refractivity contribution is -0.114. The lowest BCUT2D eigenvalue weighted by Crippen LogP contribution is -2.15. The van der Waals surface area contributed by atoms with Crippen LogP contribution in [0.1, 0.15) is 12.0 Å². The Kier molecular flexibility index (Phi) is 5.23. The third-order valence-electron chi connectivity index (χ3n) is 2.16. The molecule has 0 radical (unpaired) electrons. The molecule has 0 aromatic heterocycles. The second-order valence-electron chi connectivity index (χ2n) is 3.87. The van der Waals surface area contributed by atoms with Crippen molar-refractivity contribution in [2.45, 2.75) is 6.42 Å². The van der Waals surface area contributed by atoms with E-state index in [0.29, 0.717) is 11.4 Å². The average Bonchev–Trinajstić information content (AvgIpc) is 2.25. The number of hydrogen-bond acceptors (Lipinski definition) is 2. The highest BCUT2D eigenvalue weighted by Gasteiger charge is 1.99. The molecule has 1 aromatic carbocycles. The smallest absolute Gasteiger partial charge is 0.156 e. The molecule has 0 amide bonds. The van der Waals surface area contributed by atoms with Crippen LogP contribution < -0.4 is 0 Å². The zero-order valence-electron chi connectivity index (χ0n) is 9.61. The van der Waals surface area contributed by atoms with Crippen LogP contribution in [0.15, 0.2) is 30.3 Å². The van der Waals surface area contributed by atoms with Gasteiger partial charge in [0.15, 0.2) is 5.78 Å². The predicted molar refractivity (Wildman–Crippen MR) is 68.7 cm³/mol. The molecule has 86 valence electrons. The Morgan fingerprint density at radius 2 is 2.06 bits per heavy atom. The van der Waals surface area contributed by atoms with Gasteiger partial charge in [-0.1, -0.05) is 29.8 Å². The maximum Gasteiger partial charge on any atom is 0.156 e. The summed E-state index contributed by atoms with van der Waals surface area (Å²) in [5.74, 6) is 0.119. The van der Waals surface area contributed by atoms with Gasteiger partial charge in [-0.05, 0) is 37.9 Å². The molecule has 3 heteroatoms. The second kappa shape index (κ2) is 6.46. The Balaban J connectivity index is 2.54. The number of nitrogens with zero attached hydrogens (tertiary/aromatic N) is 1. The highest BCUT2D eigenvalue weighted by atomic mass is 35.5. The van der Waals surface area contributed by atoms with Crippen LogP contribution in [0.3, 0.4) is 0 Å². The van der Waals surface area contributed by atoms with Gasteiger partial charge in [0, 0.05) is 18.0 Å². The first-order valence-corrected chi connectivity index (χ1v) is 5.57. The Morgan fingerprint density at radius 1 is 1.38 bits per heavy atom. The van der Waals surface area contributed by atoms with Crippen LogP contribution in [-0.2, 0) is 4.79 Å². The van der Waals surface area contributed by atoms with Crippen molar-refractivity contribution >= 4 is 23.5 Å². The summed E-state index contributed by atoms with van der Waals surface area (Å²) in [6.07, 6.45) is 3.89. The van der Waals surface area contributed by atoms with Gasteiger partial charge in [0.05, 0.1) is 0 Å². The van der Waals surface area contributed by atoms with E-state index in [-0.39, 0.29) is 5.78 Å². The normalized spacial score (nSPS) is 11.2. The third-order valence-corrected chi connectivity index (χ3v) is 2.50.